The first-order valence-corrected chi connectivity index (χ1v) is 11.4. The number of benzene rings is 2. The molecule has 0 heterocycles. The van der Waals surface area contributed by atoms with Crippen molar-refractivity contribution in [2.24, 2.45) is 0 Å². The Morgan fingerprint density at radius 3 is 2.40 bits per heavy atom. The second kappa shape index (κ2) is 14.5. The van der Waals surface area contributed by atoms with E-state index in [-0.39, 0.29) is 44.4 Å². The van der Waals surface area contributed by atoms with Gasteiger partial charge in [0.2, 0.25) is 11.8 Å². The molecule has 0 saturated carbocycles. The summed E-state index contributed by atoms with van der Waals surface area (Å²) in [7, 11) is 0. The molecule has 2 aromatic carbocycles. The van der Waals surface area contributed by atoms with Crippen molar-refractivity contribution in [1.82, 2.24) is 16.0 Å². The highest BCUT2D eigenvalue weighted by Crippen LogP contribution is 2.17. The van der Waals surface area contributed by atoms with E-state index in [2.05, 4.69) is 21.3 Å². The lowest BCUT2D eigenvalue weighted by Crippen LogP contribution is -2.52. The summed E-state index contributed by atoms with van der Waals surface area (Å²) in [6, 6.07) is 13.6. The van der Waals surface area contributed by atoms with Gasteiger partial charge < -0.3 is 31.1 Å². The molecular formula is C24H29ClN4O6. The molecule has 5 N–H and O–H groups in total. The molecule has 10 nitrogen and oxygen atoms in total. The molecule has 35 heavy (non-hydrogen) atoms. The smallest absolute Gasteiger partial charge is 0.303 e. The van der Waals surface area contributed by atoms with E-state index in [0.29, 0.717) is 28.4 Å². The molecule has 188 valence electrons. The Morgan fingerprint density at radius 2 is 1.74 bits per heavy atom. The van der Waals surface area contributed by atoms with Crippen molar-refractivity contribution < 1.29 is 29.0 Å². The molecule has 0 fully saturated rings. The number of carboxylic acid groups (broad SMARTS) is 1. The van der Waals surface area contributed by atoms with Gasteiger partial charge in [-0.15, -0.1) is 0 Å². The molecule has 11 heteroatoms. The number of nitrogens with one attached hydrogen (secondary N) is 4. The summed E-state index contributed by atoms with van der Waals surface area (Å²) in [6.45, 7) is 2.07. The molecule has 2 aromatic rings. The Balaban J connectivity index is 1.99. The highest BCUT2D eigenvalue weighted by molar-refractivity contribution is 6.30. The number of anilines is 1. The molecule has 0 spiro atoms. The highest BCUT2D eigenvalue weighted by atomic mass is 35.5. The highest BCUT2D eigenvalue weighted by Gasteiger charge is 2.20. The fourth-order valence-corrected chi connectivity index (χ4v) is 3.18. The van der Waals surface area contributed by atoms with Gasteiger partial charge in [-0.3, -0.25) is 19.2 Å². The maximum Gasteiger partial charge on any atom is 0.303 e. The summed E-state index contributed by atoms with van der Waals surface area (Å²) in [5.74, 6) is -1.42. The molecule has 0 radical (unpaired) electrons. The maximum absolute atomic E-state index is 12.7. The molecule has 0 aliphatic heterocycles. The van der Waals surface area contributed by atoms with E-state index in [4.69, 9.17) is 21.4 Å². The zero-order chi connectivity index (χ0) is 25.6. The minimum absolute atomic E-state index is 0.0211. The first-order valence-electron chi connectivity index (χ1n) is 11.0. The number of amides is 3. The van der Waals surface area contributed by atoms with E-state index in [1.54, 1.807) is 48.5 Å². The molecule has 0 aliphatic carbocycles. The van der Waals surface area contributed by atoms with Gasteiger partial charge in [-0.2, -0.15) is 0 Å². The first-order chi connectivity index (χ1) is 16.7. The van der Waals surface area contributed by atoms with Crippen molar-refractivity contribution >= 4 is 41.0 Å². The van der Waals surface area contributed by atoms with Gasteiger partial charge in [0.05, 0.1) is 13.0 Å². The maximum atomic E-state index is 12.7. The lowest BCUT2D eigenvalue weighted by Gasteiger charge is -2.21. The predicted octanol–water partition coefficient (Wildman–Crippen LogP) is 1.93. The summed E-state index contributed by atoms with van der Waals surface area (Å²) in [5.41, 5.74) is 1.25. The van der Waals surface area contributed by atoms with Crippen LogP contribution in [0.2, 0.25) is 5.02 Å². The van der Waals surface area contributed by atoms with Gasteiger partial charge in [0.1, 0.15) is 5.75 Å². The van der Waals surface area contributed by atoms with Crippen LogP contribution in [-0.4, -0.2) is 54.7 Å². The normalized spacial score (nSPS) is 11.1. The van der Waals surface area contributed by atoms with Gasteiger partial charge in [-0.25, -0.2) is 0 Å². The van der Waals surface area contributed by atoms with Gasteiger partial charge in [-0.05, 0) is 48.4 Å². The van der Waals surface area contributed by atoms with Crippen LogP contribution in [0.3, 0.4) is 0 Å². The Hall–Kier alpha value is -3.79. The zero-order valence-electron chi connectivity index (χ0n) is 19.3. The van der Waals surface area contributed by atoms with Crippen LogP contribution in [0.1, 0.15) is 25.3 Å². The van der Waals surface area contributed by atoms with Crippen LogP contribution < -0.4 is 26.0 Å². The fourth-order valence-electron chi connectivity index (χ4n) is 2.97. The summed E-state index contributed by atoms with van der Waals surface area (Å²) in [6.07, 6.45) is -0.649. The van der Waals surface area contributed by atoms with E-state index < -0.39 is 18.0 Å². The minimum Gasteiger partial charge on any atom is -0.494 e. The standard InChI is InChI=1S/C24H29ClN4O6/c1-16(30)26-11-12-27-24(34)23(29-21(31)15-17-4-2-5-18(25)14-17)28-19-7-9-20(10-8-19)35-13-3-6-22(32)33/h2,4-5,7-10,14,23,28H,3,6,11-13,15H2,1H3,(H,26,30)(H,27,34)(H,29,31)(H,32,33). The number of carbonyl (C=O) groups excluding carboxylic acids is 3. The number of ether oxygens (including phenoxy) is 1. The van der Waals surface area contributed by atoms with Crippen molar-refractivity contribution in [1.29, 1.82) is 0 Å². The molecule has 0 bridgehead atoms. The monoisotopic (exact) mass is 504 g/mol. The lowest BCUT2D eigenvalue weighted by molar-refractivity contribution is -0.137. The quantitative estimate of drug-likeness (QED) is 0.195. The van der Waals surface area contributed by atoms with Crippen LogP contribution >= 0.6 is 11.6 Å². The Morgan fingerprint density at radius 1 is 1.03 bits per heavy atom. The van der Waals surface area contributed by atoms with Gasteiger partial charge in [0.25, 0.3) is 5.91 Å². The van der Waals surface area contributed by atoms with Crippen molar-refractivity contribution in [2.45, 2.75) is 32.4 Å². The Labute approximate surface area is 208 Å². The van der Waals surface area contributed by atoms with Crippen LogP contribution in [0.4, 0.5) is 5.69 Å². The van der Waals surface area contributed by atoms with Gasteiger partial charge in [0.15, 0.2) is 6.17 Å². The van der Waals surface area contributed by atoms with Gasteiger partial charge in [-0.1, -0.05) is 23.7 Å². The van der Waals surface area contributed by atoms with E-state index >= 15 is 0 Å². The minimum atomic E-state index is -1.08. The number of hydrogen-bond acceptors (Lipinski definition) is 6. The SMILES string of the molecule is CC(=O)NCCNC(=O)C(NC(=O)Cc1cccc(Cl)c1)Nc1ccc(OCCCC(=O)O)cc1. The summed E-state index contributed by atoms with van der Waals surface area (Å²) in [4.78, 5) is 46.9. The average molecular weight is 505 g/mol. The summed E-state index contributed by atoms with van der Waals surface area (Å²) < 4.78 is 5.50. The van der Waals surface area contributed by atoms with Crippen LogP contribution in [0, 0.1) is 0 Å². The van der Waals surface area contributed by atoms with Crippen molar-refractivity contribution in [3.05, 3.63) is 59.1 Å². The number of hydrogen-bond donors (Lipinski definition) is 5. The van der Waals surface area contributed by atoms with E-state index in [1.165, 1.54) is 6.92 Å². The topological polar surface area (TPSA) is 146 Å². The third kappa shape index (κ3) is 11.3. The molecule has 3 amide bonds. The van der Waals surface area contributed by atoms with Crippen molar-refractivity contribution in [3.8, 4) is 5.75 Å². The number of carbonyl (C=O) groups is 4. The van der Waals surface area contributed by atoms with Crippen molar-refractivity contribution in [3.63, 3.8) is 0 Å². The third-order valence-electron chi connectivity index (χ3n) is 4.59. The largest absolute Gasteiger partial charge is 0.494 e. The number of rotatable bonds is 14. The fraction of sp³-hybridized carbons (Fsp3) is 0.333. The number of aliphatic carboxylic acids is 1. The van der Waals surface area contributed by atoms with Crippen LogP contribution in [0.5, 0.6) is 5.75 Å². The number of halogens is 1. The summed E-state index contributed by atoms with van der Waals surface area (Å²) in [5, 5.41) is 20.1. The molecule has 1 unspecified atom stereocenters. The molecule has 0 saturated heterocycles. The average Bonchev–Trinajstić information content (AvgIpc) is 2.79. The predicted molar refractivity (Wildman–Crippen MR) is 131 cm³/mol. The molecule has 2 rings (SSSR count). The van der Waals surface area contributed by atoms with Crippen LogP contribution in [-0.2, 0) is 25.6 Å². The lowest BCUT2D eigenvalue weighted by atomic mass is 10.1. The third-order valence-corrected chi connectivity index (χ3v) is 4.82. The van der Waals surface area contributed by atoms with Gasteiger partial charge in [0, 0.05) is 37.1 Å². The van der Waals surface area contributed by atoms with E-state index in [9.17, 15) is 19.2 Å². The Kier molecular flexibility index (Phi) is 11.3. The summed E-state index contributed by atoms with van der Waals surface area (Å²) >= 11 is 5.98. The first kappa shape index (κ1) is 27.5. The van der Waals surface area contributed by atoms with Crippen LogP contribution in [0.25, 0.3) is 0 Å². The van der Waals surface area contributed by atoms with E-state index in [1.807, 2.05) is 0 Å². The molecule has 0 aliphatic rings. The molecule has 0 aromatic heterocycles. The Bertz CT molecular complexity index is 1020. The second-order valence-corrected chi connectivity index (χ2v) is 8.03. The molecule has 1 atom stereocenters. The van der Waals surface area contributed by atoms with E-state index in [0.717, 1.165) is 0 Å². The molecular weight excluding hydrogens is 476 g/mol. The van der Waals surface area contributed by atoms with Crippen LogP contribution in [0.15, 0.2) is 48.5 Å². The van der Waals surface area contributed by atoms with Gasteiger partial charge >= 0.3 is 5.97 Å². The zero-order valence-corrected chi connectivity index (χ0v) is 20.1. The number of carboxylic acids is 1. The second-order valence-electron chi connectivity index (χ2n) is 7.60. The van der Waals surface area contributed by atoms with Crippen molar-refractivity contribution in [2.75, 3.05) is 25.0 Å².